The Morgan fingerprint density at radius 1 is 0.941 bits per heavy atom. The summed E-state index contributed by atoms with van der Waals surface area (Å²) in [5.41, 5.74) is 3.10. The third kappa shape index (κ3) is 6.21. The van der Waals surface area contributed by atoms with E-state index < -0.39 is 0 Å². The van der Waals surface area contributed by atoms with Gasteiger partial charge in [-0.15, -0.1) is 22.0 Å². The average Bonchev–Trinajstić information content (AvgIpc) is 3.31. The first kappa shape index (κ1) is 23.9. The highest BCUT2D eigenvalue weighted by molar-refractivity contribution is 7.99. The van der Waals surface area contributed by atoms with Crippen molar-refractivity contribution in [2.24, 2.45) is 0 Å². The van der Waals surface area contributed by atoms with Crippen LogP contribution in [0.15, 0.2) is 88.9 Å². The van der Waals surface area contributed by atoms with E-state index in [0.717, 1.165) is 22.8 Å². The third-order valence-electron chi connectivity index (χ3n) is 5.04. The van der Waals surface area contributed by atoms with Gasteiger partial charge in [0.1, 0.15) is 5.75 Å². The average molecular weight is 491 g/mol. The molecular formula is C26H26N4O2S2. The standard InChI is InChI=1S/C26H26N4O2S2/c1-19-8-14-23(15-9-19)33-17-16-27-24(31)18-34-26-29-28-25(20-10-12-22(32-2)13-11-20)30(26)21-6-4-3-5-7-21/h3-15H,16-18H2,1-2H3,(H,27,31). The molecule has 0 aliphatic heterocycles. The Balaban J connectivity index is 1.39. The van der Waals surface area contributed by atoms with Gasteiger partial charge < -0.3 is 10.1 Å². The minimum absolute atomic E-state index is 0.0249. The molecule has 6 nitrogen and oxygen atoms in total. The van der Waals surface area contributed by atoms with E-state index >= 15 is 0 Å². The van der Waals surface area contributed by atoms with E-state index in [9.17, 15) is 4.79 Å². The highest BCUT2D eigenvalue weighted by Crippen LogP contribution is 2.29. The van der Waals surface area contributed by atoms with Gasteiger partial charge in [-0.1, -0.05) is 47.7 Å². The summed E-state index contributed by atoms with van der Waals surface area (Å²) in [5, 5.41) is 12.5. The molecule has 0 saturated heterocycles. The van der Waals surface area contributed by atoms with E-state index in [4.69, 9.17) is 4.74 Å². The second-order valence-electron chi connectivity index (χ2n) is 7.51. The minimum Gasteiger partial charge on any atom is -0.497 e. The van der Waals surface area contributed by atoms with Gasteiger partial charge in [0.05, 0.1) is 12.9 Å². The van der Waals surface area contributed by atoms with Crippen LogP contribution in [0.4, 0.5) is 0 Å². The molecule has 0 aliphatic rings. The lowest BCUT2D eigenvalue weighted by Gasteiger charge is -2.11. The Hall–Kier alpha value is -3.23. The third-order valence-corrected chi connectivity index (χ3v) is 6.98. The van der Waals surface area contributed by atoms with Crippen LogP contribution in [-0.4, -0.2) is 45.8 Å². The molecule has 1 N–H and O–H groups in total. The van der Waals surface area contributed by atoms with Crippen molar-refractivity contribution in [3.05, 3.63) is 84.4 Å². The summed E-state index contributed by atoms with van der Waals surface area (Å²) < 4.78 is 7.25. The second kappa shape index (κ2) is 11.8. The zero-order chi connectivity index (χ0) is 23.8. The molecule has 4 aromatic rings. The highest BCUT2D eigenvalue weighted by atomic mass is 32.2. The molecule has 4 rings (SSSR count). The van der Waals surface area contributed by atoms with Crippen LogP contribution in [0, 0.1) is 6.92 Å². The largest absolute Gasteiger partial charge is 0.497 e. The van der Waals surface area contributed by atoms with Gasteiger partial charge in [0, 0.05) is 28.4 Å². The van der Waals surface area contributed by atoms with Crippen LogP contribution >= 0.6 is 23.5 Å². The molecule has 0 atom stereocenters. The number of amides is 1. The van der Waals surface area contributed by atoms with Gasteiger partial charge in [-0.05, 0) is 55.5 Å². The van der Waals surface area contributed by atoms with Gasteiger partial charge in [0.25, 0.3) is 0 Å². The lowest BCUT2D eigenvalue weighted by atomic mass is 10.2. The van der Waals surface area contributed by atoms with Crippen molar-refractivity contribution in [3.8, 4) is 22.8 Å². The number of aryl methyl sites for hydroxylation is 1. The molecule has 0 radical (unpaired) electrons. The van der Waals surface area contributed by atoms with E-state index in [1.54, 1.807) is 18.9 Å². The molecule has 34 heavy (non-hydrogen) atoms. The van der Waals surface area contributed by atoms with Crippen LogP contribution in [0.2, 0.25) is 0 Å². The van der Waals surface area contributed by atoms with Gasteiger partial charge in [0.15, 0.2) is 11.0 Å². The zero-order valence-corrected chi connectivity index (χ0v) is 20.7. The van der Waals surface area contributed by atoms with E-state index in [1.807, 2.05) is 59.2 Å². The fourth-order valence-corrected chi connectivity index (χ4v) is 4.83. The molecule has 0 aliphatic carbocycles. The van der Waals surface area contributed by atoms with Crippen LogP contribution in [0.3, 0.4) is 0 Å². The van der Waals surface area contributed by atoms with Crippen LogP contribution in [-0.2, 0) is 4.79 Å². The van der Waals surface area contributed by atoms with E-state index in [2.05, 4.69) is 46.7 Å². The van der Waals surface area contributed by atoms with Gasteiger partial charge in [0.2, 0.25) is 5.91 Å². The fraction of sp³-hybridized carbons (Fsp3) is 0.192. The van der Waals surface area contributed by atoms with Gasteiger partial charge in [-0.2, -0.15) is 0 Å². The molecule has 0 saturated carbocycles. The number of rotatable bonds is 10. The van der Waals surface area contributed by atoms with Crippen molar-refractivity contribution in [3.63, 3.8) is 0 Å². The Kier molecular flexibility index (Phi) is 8.27. The maximum absolute atomic E-state index is 12.5. The lowest BCUT2D eigenvalue weighted by molar-refractivity contribution is -0.118. The number of benzene rings is 3. The molecule has 0 spiro atoms. The minimum atomic E-state index is -0.0249. The monoisotopic (exact) mass is 490 g/mol. The maximum Gasteiger partial charge on any atom is 0.230 e. The number of hydrogen-bond donors (Lipinski definition) is 1. The summed E-state index contributed by atoms with van der Waals surface area (Å²) in [6, 6.07) is 26.0. The number of nitrogens with zero attached hydrogens (tertiary/aromatic N) is 3. The molecule has 1 aromatic heterocycles. The number of carbonyl (C=O) groups is 1. The summed E-state index contributed by atoms with van der Waals surface area (Å²) in [7, 11) is 1.64. The number of carbonyl (C=O) groups excluding carboxylic acids is 1. The predicted octanol–water partition coefficient (Wildman–Crippen LogP) is 5.25. The molecule has 3 aromatic carbocycles. The second-order valence-corrected chi connectivity index (χ2v) is 9.62. The van der Waals surface area contributed by atoms with Crippen LogP contribution in [0.25, 0.3) is 17.1 Å². The Bertz CT molecular complexity index is 1210. The van der Waals surface area contributed by atoms with Crippen molar-refractivity contribution in [2.75, 3.05) is 25.2 Å². The smallest absolute Gasteiger partial charge is 0.230 e. The number of para-hydroxylation sites is 1. The summed E-state index contributed by atoms with van der Waals surface area (Å²) in [6.07, 6.45) is 0. The number of hydrogen-bond acceptors (Lipinski definition) is 6. The van der Waals surface area contributed by atoms with Crippen molar-refractivity contribution >= 4 is 29.4 Å². The first-order valence-corrected chi connectivity index (χ1v) is 12.9. The lowest BCUT2D eigenvalue weighted by Crippen LogP contribution is -2.27. The normalized spacial score (nSPS) is 10.8. The molecule has 0 unspecified atom stereocenters. The highest BCUT2D eigenvalue weighted by Gasteiger charge is 2.17. The Labute approximate surface area is 208 Å². The van der Waals surface area contributed by atoms with Crippen molar-refractivity contribution in [1.82, 2.24) is 20.1 Å². The SMILES string of the molecule is COc1ccc(-c2nnc(SCC(=O)NCCSc3ccc(C)cc3)n2-c2ccccc2)cc1. The molecule has 1 heterocycles. The number of aromatic nitrogens is 3. The van der Waals surface area contributed by atoms with E-state index in [-0.39, 0.29) is 11.7 Å². The molecule has 0 fully saturated rings. The quantitative estimate of drug-likeness (QED) is 0.242. The van der Waals surface area contributed by atoms with Gasteiger partial charge in [-0.3, -0.25) is 9.36 Å². The fourth-order valence-electron chi connectivity index (χ4n) is 3.28. The first-order valence-electron chi connectivity index (χ1n) is 10.9. The number of ether oxygens (including phenoxy) is 1. The molecule has 8 heteroatoms. The molecule has 174 valence electrons. The number of methoxy groups -OCH3 is 1. The first-order chi connectivity index (χ1) is 16.6. The Morgan fingerprint density at radius 3 is 2.38 bits per heavy atom. The summed E-state index contributed by atoms with van der Waals surface area (Å²) in [5.74, 6) is 2.56. The van der Waals surface area contributed by atoms with Crippen LogP contribution in [0.5, 0.6) is 5.75 Å². The van der Waals surface area contributed by atoms with Crippen molar-refractivity contribution in [1.29, 1.82) is 0 Å². The molecular weight excluding hydrogens is 464 g/mol. The zero-order valence-electron chi connectivity index (χ0n) is 19.1. The Morgan fingerprint density at radius 2 is 1.68 bits per heavy atom. The topological polar surface area (TPSA) is 69.0 Å². The van der Waals surface area contributed by atoms with E-state index in [1.165, 1.54) is 22.2 Å². The molecule has 1 amide bonds. The van der Waals surface area contributed by atoms with E-state index in [0.29, 0.717) is 17.5 Å². The van der Waals surface area contributed by atoms with Crippen molar-refractivity contribution < 1.29 is 9.53 Å². The molecule has 0 bridgehead atoms. The van der Waals surface area contributed by atoms with Crippen LogP contribution in [0.1, 0.15) is 5.56 Å². The number of nitrogens with one attached hydrogen (secondary N) is 1. The van der Waals surface area contributed by atoms with Gasteiger partial charge in [-0.25, -0.2) is 0 Å². The maximum atomic E-state index is 12.5. The summed E-state index contributed by atoms with van der Waals surface area (Å²) in [6.45, 7) is 2.69. The van der Waals surface area contributed by atoms with Crippen molar-refractivity contribution in [2.45, 2.75) is 17.0 Å². The van der Waals surface area contributed by atoms with Crippen LogP contribution < -0.4 is 10.1 Å². The number of thioether (sulfide) groups is 2. The summed E-state index contributed by atoms with van der Waals surface area (Å²) >= 11 is 3.11. The summed E-state index contributed by atoms with van der Waals surface area (Å²) in [4.78, 5) is 13.7. The van der Waals surface area contributed by atoms with Gasteiger partial charge >= 0.3 is 0 Å². The predicted molar refractivity (Wildman–Crippen MR) is 139 cm³/mol.